The Kier molecular flexibility index (Phi) is 3.49. The molecule has 0 saturated carbocycles. The number of nitrogens with one attached hydrogen (secondary N) is 2. The molecule has 7 heteroatoms. The molecule has 4 amide bonds. The summed E-state index contributed by atoms with van der Waals surface area (Å²) < 4.78 is 0. The van der Waals surface area contributed by atoms with Crippen LogP contribution >= 0.6 is 0 Å². The van der Waals surface area contributed by atoms with E-state index < -0.39 is 17.6 Å². The molecule has 3 unspecified atom stereocenters. The van der Waals surface area contributed by atoms with E-state index in [0.29, 0.717) is 13.0 Å². The first-order valence-electron chi connectivity index (χ1n) is 6.57. The van der Waals surface area contributed by atoms with Crippen LogP contribution < -0.4 is 16.4 Å². The molecule has 3 atom stereocenters. The Morgan fingerprint density at radius 3 is 2.74 bits per heavy atom. The fraction of sp³-hybridized carbons (Fsp3) is 0.750. The Balaban J connectivity index is 2.04. The van der Waals surface area contributed by atoms with Crippen LogP contribution in [-0.4, -0.2) is 47.4 Å². The second-order valence-electron chi connectivity index (χ2n) is 5.41. The van der Waals surface area contributed by atoms with Gasteiger partial charge in [0.15, 0.2) is 0 Å². The SMILES string of the molecule is CCC(C)C(N)C(=O)N1CCC2(C1)NC(=O)NC2=O. The van der Waals surface area contributed by atoms with E-state index in [1.807, 2.05) is 13.8 Å². The topological polar surface area (TPSA) is 105 Å². The van der Waals surface area contributed by atoms with Crippen molar-refractivity contribution in [2.24, 2.45) is 11.7 Å². The molecule has 4 N–H and O–H groups in total. The maximum absolute atomic E-state index is 12.2. The largest absolute Gasteiger partial charge is 0.338 e. The van der Waals surface area contributed by atoms with Gasteiger partial charge in [-0.05, 0) is 12.3 Å². The van der Waals surface area contributed by atoms with E-state index in [4.69, 9.17) is 5.73 Å². The van der Waals surface area contributed by atoms with E-state index >= 15 is 0 Å². The van der Waals surface area contributed by atoms with Gasteiger partial charge < -0.3 is 16.0 Å². The van der Waals surface area contributed by atoms with Crippen molar-refractivity contribution in [3.8, 4) is 0 Å². The number of hydrogen-bond donors (Lipinski definition) is 3. The number of carbonyl (C=O) groups is 3. The van der Waals surface area contributed by atoms with Crippen LogP contribution in [0, 0.1) is 5.92 Å². The highest BCUT2D eigenvalue weighted by atomic mass is 16.2. The average Bonchev–Trinajstić information content (AvgIpc) is 2.92. The summed E-state index contributed by atoms with van der Waals surface area (Å²) in [6.07, 6.45) is 1.26. The molecule has 2 rings (SSSR count). The normalized spacial score (nSPS) is 29.3. The van der Waals surface area contributed by atoms with Crippen LogP contribution in [0.5, 0.6) is 0 Å². The number of urea groups is 1. The van der Waals surface area contributed by atoms with Crippen molar-refractivity contribution >= 4 is 17.8 Å². The number of nitrogens with two attached hydrogens (primary N) is 1. The van der Waals surface area contributed by atoms with Crippen LogP contribution in [0.3, 0.4) is 0 Å². The third-order valence-corrected chi connectivity index (χ3v) is 4.14. The summed E-state index contributed by atoms with van der Waals surface area (Å²) in [6.45, 7) is 4.55. The first-order chi connectivity index (χ1) is 8.89. The van der Waals surface area contributed by atoms with Crippen LogP contribution in [-0.2, 0) is 9.59 Å². The first kappa shape index (κ1) is 13.8. The number of hydrogen-bond acceptors (Lipinski definition) is 4. The molecular weight excluding hydrogens is 248 g/mol. The van der Waals surface area contributed by atoms with Gasteiger partial charge in [0.05, 0.1) is 12.6 Å². The van der Waals surface area contributed by atoms with E-state index in [9.17, 15) is 14.4 Å². The van der Waals surface area contributed by atoms with Gasteiger partial charge in [0.25, 0.3) is 5.91 Å². The van der Waals surface area contributed by atoms with Gasteiger partial charge in [0, 0.05) is 6.54 Å². The second kappa shape index (κ2) is 4.80. The smallest absolute Gasteiger partial charge is 0.322 e. The number of nitrogens with zero attached hydrogens (tertiary/aromatic N) is 1. The summed E-state index contributed by atoms with van der Waals surface area (Å²) in [5, 5.41) is 4.83. The predicted octanol–water partition coefficient (Wildman–Crippen LogP) is -0.830. The zero-order chi connectivity index (χ0) is 14.2. The fourth-order valence-electron chi connectivity index (χ4n) is 2.52. The van der Waals surface area contributed by atoms with Gasteiger partial charge in [-0.15, -0.1) is 0 Å². The molecule has 19 heavy (non-hydrogen) atoms. The summed E-state index contributed by atoms with van der Waals surface area (Å²) in [4.78, 5) is 36.8. The minimum atomic E-state index is -0.956. The minimum Gasteiger partial charge on any atom is -0.338 e. The highest BCUT2D eigenvalue weighted by Gasteiger charge is 2.52. The van der Waals surface area contributed by atoms with Gasteiger partial charge in [0.2, 0.25) is 5.91 Å². The average molecular weight is 268 g/mol. The molecule has 7 nitrogen and oxygen atoms in total. The maximum Gasteiger partial charge on any atom is 0.322 e. The summed E-state index contributed by atoms with van der Waals surface area (Å²) >= 11 is 0. The maximum atomic E-state index is 12.2. The molecule has 2 aliphatic rings. The van der Waals surface area contributed by atoms with E-state index in [1.165, 1.54) is 0 Å². The molecule has 2 aliphatic heterocycles. The van der Waals surface area contributed by atoms with Crippen LogP contribution in [0.2, 0.25) is 0 Å². The van der Waals surface area contributed by atoms with Crippen LogP contribution in [0.1, 0.15) is 26.7 Å². The second-order valence-corrected chi connectivity index (χ2v) is 5.41. The molecule has 2 heterocycles. The molecule has 0 radical (unpaired) electrons. The minimum absolute atomic E-state index is 0.0936. The molecule has 2 fully saturated rings. The molecule has 0 aromatic rings. The van der Waals surface area contributed by atoms with E-state index in [0.717, 1.165) is 6.42 Å². The molecule has 1 spiro atoms. The van der Waals surface area contributed by atoms with Crippen molar-refractivity contribution in [2.45, 2.75) is 38.3 Å². The van der Waals surface area contributed by atoms with Crippen LogP contribution in [0.25, 0.3) is 0 Å². The highest BCUT2D eigenvalue weighted by molar-refractivity contribution is 6.07. The number of amides is 4. The Morgan fingerprint density at radius 1 is 1.53 bits per heavy atom. The summed E-state index contributed by atoms with van der Waals surface area (Å²) in [7, 11) is 0. The summed E-state index contributed by atoms with van der Waals surface area (Å²) in [5.74, 6) is -0.416. The standard InChI is InChI=1S/C12H20N4O3/c1-3-7(2)8(13)9(17)16-5-4-12(6-16)10(18)14-11(19)15-12/h7-8H,3-6,13H2,1-2H3,(H2,14,15,18,19). The van der Waals surface area contributed by atoms with Crippen LogP contribution in [0.4, 0.5) is 4.79 Å². The number of rotatable bonds is 3. The molecule has 2 saturated heterocycles. The van der Waals surface area contributed by atoms with Crippen molar-refractivity contribution in [2.75, 3.05) is 13.1 Å². The Bertz CT molecular complexity index is 425. The third kappa shape index (κ3) is 2.30. The Labute approximate surface area is 111 Å². The zero-order valence-corrected chi connectivity index (χ0v) is 11.2. The lowest BCUT2D eigenvalue weighted by Crippen LogP contribution is -2.52. The predicted molar refractivity (Wildman–Crippen MR) is 68.0 cm³/mol. The summed E-state index contributed by atoms with van der Waals surface area (Å²) in [6, 6.07) is -1.05. The van der Waals surface area contributed by atoms with Gasteiger partial charge >= 0.3 is 6.03 Å². The molecule has 0 aliphatic carbocycles. The third-order valence-electron chi connectivity index (χ3n) is 4.14. The lowest BCUT2D eigenvalue weighted by Gasteiger charge is -2.25. The first-order valence-corrected chi connectivity index (χ1v) is 6.57. The molecule has 106 valence electrons. The van der Waals surface area contributed by atoms with E-state index in [-0.39, 0.29) is 24.3 Å². The molecular formula is C12H20N4O3. The van der Waals surface area contributed by atoms with Gasteiger partial charge in [-0.2, -0.15) is 0 Å². The quantitative estimate of drug-likeness (QED) is 0.581. The van der Waals surface area contributed by atoms with Crippen molar-refractivity contribution in [3.63, 3.8) is 0 Å². The van der Waals surface area contributed by atoms with Crippen molar-refractivity contribution < 1.29 is 14.4 Å². The fourth-order valence-corrected chi connectivity index (χ4v) is 2.52. The van der Waals surface area contributed by atoms with Crippen LogP contribution in [0.15, 0.2) is 0 Å². The number of carbonyl (C=O) groups excluding carboxylic acids is 3. The Hall–Kier alpha value is -1.63. The van der Waals surface area contributed by atoms with E-state index in [1.54, 1.807) is 4.90 Å². The van der Waals surface area contributed by atoms with Gasteiger partial charge in [-0.25, -0.2) is 4.79 Å². The van der Waals surface area contributed by atoms with Crippen molar-refractivity contribution in [1.82, 2.24) is 15.5 Å². The monoisotopic (exact) mass is 268 g/mol. The molecule has 0 aromatic carbocycles. The summed E-state index contributed by atoms with van der Waals surface area (Å²) in [5.41, 5.74) is 4.96. The molecule has 0 aromatic heterocycles. The van der Waals surface area contributed by atoms with Gasteiger partial charge in [-0.3, -0.25) is 14.9 Å². The lowest BCUT2D eigenvalue weighted by atomic mass is 9.98. The zero-order valence-electron chi connectivity index (χ0n) is 11.2. The highest BCUT2D eigenvalue weighted by Crippen LogP contribution is 2.25. The number of likely N-dealkylation sites (tertiary alicyclic amines) is 1. The van der Waals surface area contributed by atoms with Gasteiger partial charge in [-0.1, -0.05) is 20.3 Å². The Morgan fingerprint density at radius 2 is 2.21 bits per heavy atom. The van der Waals surface area contributed by atoms with Gasteiger partial charge in [0.1, 0.15) is 5.54 Å². The molecule has 0 bridgehead atoms. The van der Waals surface area contributed by atoms with E-state index in [2.05, 4.69) is 10.6 Å². The number of imide groups is 1. The lowest BCUT2D eigenvalue weighted by molar-refractivity contribution is -0.133. The van der Waals surface area contributed by atoms with Crippen molar-refractivity contribution in [3.05, 3.63) is 0 Å². The van der Waals surface area contributed by atoms with Crippen molar-refractivity contribution in [1.29, 1.82) is 0 Å².